The highest BCUT2D eigenvalue weighted by molar-refractivity contribution is 6.11. The molecule has 11 aromatic rings. The molecule has 93 heavy (non-hydrogen) atoms. The van der Waals surface area contributed by atoms with Gasteiger partial charge in [0.05, 0.1) is 28.1 Å². The van der Waals surface area contributed by atoms with Gasteiger partial charge in [0, 0.05) is 44.2 Å². The highest BCUT2D eigenvalue weighted by Gasteiger charge is 2.30. The van der Waals surface area contributed by atoms with E-state index in [1.807, 2.05) is 0 Å². The van der Waals surface area contributed by atoms with Gasteiger partial charge in [0.1, 0.15) is 0 Å². The number of benzene rings is 8. The van der Waals surface area contributed by atoms with Crippen LogP contribution in [0.5, 0.6) is 0 Å². The number of aromatic nitrogens is 6. The van der Waals surface area contributed by atoms with Crippen LogP contribution < -0.4 is 0 Å². The van der Waals surface area contributed by atoms with Crippen LogP contribution in [0.2, 0.25) is 0 Å². The van der Waals surface area contributed by atoms with Crippen molar-refractivity contribution >= 4 is 21.8 Å². The van der Waals surface area contributed by atoms with Crippen molar-refractivity contribution in [1.29, 1.82) is 0 Å². The Morgan fingerprint density at radius 2 is 0.559 bits per heavy atom. The first-order valence-corrected chi connectivity index (χ1v) is 33.6. The molecule has 0 saturated heterocycles. The third kappa shape index (κ3) is 13.9. The van der Waals surface area contributed by atoms with Gasteiger partial charge in [-0.1, -0.05) is 251 Å². The standard InChI is InChI=1S/C87H100N6/c1-80(2,3)60-38-56(39-61(48-60)81(4,5)6)72-52-71(88-76(89-72)57-40-62(82(7,8)9)49-63(41-57)83(10,11)12)55-35-37-75(93-73-33-29-28-32-68(73)69-46-54(34-36-74(69)93)53-30-26-25-27-31-53)70(47-55)79-91-77(58-42-64(84(13,14)15)50-65(43-58)85(16,17)18)90-78(92-79)59-44-66(86(19,20)21)51-67(45-59)87(22,23)24/h25-52H,1-24H3. The minimum absolute atomic E-state index is 0.120. The maximum absolute atomic E-state index is 5.80. The molecular formula is C87H100N6. The van der Waals surface area contributed by atoms with E-state index in [0.29, 0.717) is 23.3 Å². The maximum Gasteiger partial charge on any atom is 0.166 e. The molecule has 0 fully saturated rings. The Kier molecular flexibility index (Phi) is 16.6. The Balaban J connectivity index is 1.29. The van der Waals surface area contributed by atoms with Gasteiger partial charge >= 0.3 is 0 Å². The highest BCUT2D eigenvalue weighted by atomic mass is 15.1. The van der Waals surface area contributed by atoms with Crippen molar-refractivity contribution in [2.75, 3.05) is 0 Å². The number of rotatable bonds is 8. The summed E-state index contributed by atoms with van der Waals surface area (Å²) in [4.78, 5) is 28.7. The molecule has 0 unspecified atom stereocenters. The van der Waals surface area contributed by atoms with Crippen LogP contribution in [0.1, 0.15) is 211 Å². The average Bonchev–Trinajstić information content (AvgIpc) is 1.65. The van der Waals surface area contributed by atoms with E-state index in [9.17, 15) is 0 Å². The number of para-hydroxylation sites is 1. The summed E-state index contributed by atoms with van der Waals surface area (Å²) < 4.78 is 2.42. The smallest absolute Gasteiger partial charge is 0.166 e. The van der Waals surface area contributed by atoms with Gasteiger partial charge in [-0.25, -0.2) is 24.9 Å². The molecule has 6 nitrogen and oxygen atoms in total. The van der Waals surface area contributed by atoms with Gasteiger partial charge in [0.25, 0.3) is 0 Å². The molecule has 0 atom stereocenters. The van der Waals surface area contributed by atoms with Gasteiger partial charge in [-0.05, 0) is 184 Å². The molecular weight excluding hydrogens is 1130 g/mol. The Morgan fingerprint density at radius 1 is 0.226 bits per heavy atom. The van der Waals surface area contributed by atoms with Crippen molar-refractivity contribution in [2.24, 2.45) is 0 Å². The third-order valence-electron chi connectivity index (χ3n) is 18.6. The molecule has 0 radical (unpaired) electrons. The predicted octanol–water partition coefficient (Wildman–Crippen LogP) is 23.8. The van der Waals surface area contributed by atoms with E-state index in [4.69, 9.17) is 24.9 Å². The molecule has 8 aromatic carbocycles. The molecule has 3 heterocycles. The van der Waals surface area contributed by atoms with Crippen LogP contribution in [0.15, 0.2) is 170 Å². The monoisotopic (exact) mass is 1230 g/mol. The van der Waals surface area contributed by atoms with E-state index >= 15 is 0 Å². The zero-order valence-electron chi connectivity index (χ0n) is 60.3. The zero-order chi connectivity index (χ0) is 67.5. The lowest BCUT2D eigenvalue weighted by molar-refractivity contribution is 0.568. The molecule has 0 aliphatic rings. The lowest BCUT2D eigenvalue weighted by Crippen LogP contribution is -2.17. The first-order chi connectivity index (χ1) is 43.1. The van der Waals surface area contributed by atoms with E-state index in [1.54, 1.807) is 0 Å². The number of nitrogens with zero attached hydrogens (tertiary/aromatic N) is 6. The second-order valence-corrected chi connectivity index (χ2v) is 34.6. The van der Waals surface area contributed by atoms with Crippen molar-refractivity contribution in [1.82, 2.24) is 29.5 Å². The molecule has 6 heteroatoms. The molecule has 0 spiro atoms. The summed E-state index contributed by atoms with van der Waals surface area (Å²) in [5, 5.41) is 2.31. The Labute approximate surface area is 556 Å². The molecule has 0 saturated carbocycles. The largest absolute Gasteiger partial charge is 0.309 e. The molecule has 0 aliphatic heterocycles. The number of fused-ring (bicyclic) bond motifs is 3. The van der Waals surface area contributed by atoms with Gasteiger partial charge in [-0.2, -0.15) is 0 Å². The minimum Gasteiger partial charge on any atom is -0.309 e. The second-order valence-electron chi connectivity index (χ2n) is 34.6. The number of hydrogen-bond donors (Lipinski definition) is 0. The summed E-state index contributed by atoms with van der Waals surface area (Å²) in [6.45, 7) is 55.1. The quantitative estimate of drug-likeness (QED) is 0.152. The van der Waals surface area contributed by atoms with Gasteiger partial charge in [0.15, 0.2) is 23.3 Å². The third-order valence-corrected chi connectivity index (χ3v) is 18.6. The summed E-state index contributed by atoms with van der Waals surface area (Å²) in [6, 6.07) is 63.5. The van der Waals surface area contributed by atoms with Crippen LogP contribution in [-0.2, 0) is 43.3 Å². The van der Waals surface area contributed by atoms with Gasteiger partial charge in [0.2, 0.25) is 0 Å². The van der Waals surface area contributed by atoms with Crippen LogP contribution in [0.3, 0.4) is 0 Å². The summed E-state index contributed by atoms with van der Waals surface area (Å²) in [5.74, 6) is 2.46. The summed E-state index contributed by atoms with van der Waals surface area (Å²) >= 11 is 0. The predicted molar refractivity (Wildman–Crippen MR) is 397 cm³/mol. The zero-order valence-corrected chi connectivity index (χ0v) is 60.3. The SMILES string of the molecule is CC(C)(C)c1cc(-c2cc(-c3ccc(-n4c5ccccc5c5cc(-c6ccccc6)ccc54)c(-c4nc(-c5cc(C(C)(C)C)cc(C(C)(C)C)c5)nc(-c5cc(C(C)(C)C)cc(C(C)(C)C)c5)n4)c3)nc(-c3cc(C(C)(C)C)cc(C(C)(C)C)c3)n2)cc(C(C)(C)C)c1. The average molecular weight is 1230 g/mol. The van der Waals surface area contributed by atoms with Crippen molar-refractivity contribution < 1.29 is 0 Å². The first-order valence-electron chi connectivity index (χ1n) is 33.6. The molecule has 0 bridgehead atoms. The van der Waals surface area contributed by atoms with E-state index in [-0.39, 0.29) is 43.3 Å². The highest BCUT2D eigenvalue weighted by Crippen LogP contribution is 2.44. The van der Waals surface area contributed by atoms with Crippen molar-refractivity contribution in [3.8, 4) is 84.9 Å². The summed E-state index contributed by atoms with van der Waals surface area (Å²) in [5.41, 5.74) is 21.6. The van der Waals surface area contributed by atoms with E-state index in [2.05, 4.69) is 341 Å². The van der Waals surface area contributed by atoms with E-state index in [0.717, 1.165) is 77.8 Å². The lowest BCUT2D eigenvalue weighted by Gasteiger charge is -2.27. The van der Waals surface area contributed by atoms with Crippen LogP contribution in [-0.4, -0.2) is 29.5 Å². The van der Waals surface area contributed by atoms with Gasteiger partial charge in [-0.15, -0.1) is 0 Å². The van der Waals surface area contributed by atoms with Crippen LogP contribution in [0.4, 0.5) is 0 Å². The second kappa shape index (κ2) is 23.3. The van der Waals surface area contributed by atoms with Gasteiger partial charge < -0.3 is 4.57 Å². The molecule has 0 N–H and O–H groups in total. The molecule has 0 amide bonds. The summed E-state index contributed by atoms with van der Waals surface area (Å²) in [6.07, 6.45) is 0. The first kappa shape index (κ1) is 66.1. The maximum atomic E-state index is 5.80. The molecule has 11 rings (SSSR count). The van der Waals surface area contributed by atoms with Gasteiger partial charge in [-0.3, -0.25) is 0 Å². The van der Waals surface area contributed by atoms with Crippen molar-refractivity contribution in [3.63, 3.8) is 0 Å². The summed E-state index contributed by atoms with van der Waals surface area (Å²) in [7, 11) is 0. The fourth-order valence-corrected chi connectivity index (χ4v) is 12.2. The molecule has 3 aromatic heterocycles. The topological polar surface area (TPSA) is 69.4 Å². The Morgan fingerprint density at radius 3 is 0.968 bits per heavy atom. The van der Waals surface area contributed by atoms with Crippen LogP contribution in [0.25, 0.3) is 107 Å². The van der Waals surface area contributed by atoms with E-state index < -0.39 is 0 Å². The lowest BCUT2D eigenvalue weighted by atomic mass is 9.79. The normalized spacial score (nSPS) is 13.2. The van der Waals surface area contributed by atoms with Crippen LogP contribution >= 0.6 is 0 Å². The van der Waals surface area contributed by atoms with Crippen molar-refractivity contribution in [3.05, 3.63) is 214 Å². The van der Waals surface area contributed by atoms with Crippen LogP contribution in [0, 0.1) is 0 Å². The molecule has 478 valence electrons. The number of hydrogen-bond acceptors (Lipinski definition) is 5. The Bertz CT molecular complexity index is 4350. The fourth-order valence-electron chi connectivity index (χ4n) is 12.2. The minimum atomic E-state index is -0.157. The van der Waals surface area contributed by atoms with Crippen molar-refractivity contribution in [2.45, 2.75) is 209 Å². The fraction of sp³-hybridized carbons (Fsp3) is 0.368. The Hall–Kier alpha value is -8.35. The van der Waals surface area contributed by atoms with E-state index in [1.165, 1.54) is 50.1 Å². The molecule has 0 aliphatic carbocycles.